The van der Waals surface area contributed by atoms with Crippen LogP contribution >= 0.6 is 0 Å². The number of benzene rings is 1. The molecule has 154 valence electrons. The molecule has 1 atom stereocenters. The molecule has 1 saturated heterocycles. The molecule has 1 amide bonds. The third-order valence-corrected chi connectivity index (χ3v) is 5.39. The van der Waals surface area contributed by atoms with Gasteiger partial charge < -0.3 is 14.7 Å². The molecular weight excluding hydrogens is 368 g/mol. The number of aliphatic carboxylic acids is 1. The summed E-state index contributed by atoms with van der Waals surface area (Å²) < 4.78 is 5.99. The third kappa shape index (κ3) is 5.34. The van der Waals surface area contributed by atoms with Gasteiger partial charge >= 0.3 is 5.97 Å². The van der Waals surface area contributed by atoms with Crippen LogP contribution in [0.1, 0.15) is 59.2 Å². The summed E-state index contributed by atoms with van der Waals surface area (Å²) in [7, 11) is 0. The van der Waals surface area contributed by atoms with E-state index in [1.54, 1.807) is 12.4 Å². The molecule has 1 N–H and O–H groups in total. The first kappa shape index (κ1) is 20.8. The molecule has 29 heavy (non-hydrogen) atoms. The van der Waals surface area contributed by atoms with Crippen LogP contribution in [0.25, 0.3) is 0 Å². The standard InChI is InChI=1S/C23H28N2O4/c1-16-12-19(13-17(2)22(16)29-15-18-6-5-10-24-14-18)23(28)25-11-4-3-7-20(25)8-9-21(26)27/h5-6,10,12-14,20H,3-4,7-9,11,15H2,1-2H3,(H,26,27). The fraction of sp³-hybridized carbons (Fsp3) is 0.435. The van der Waals surface area contributed by atoms with E-state index in [2.05, 4.69) is 4.98 Å². The highest BCUT2D eigenvalue weighted by atomic mass is 16.5. The van der Waals surface area contributed by atoms with Crippen molar-refractivity contribution in [3.05, 3.63) is 58.9 Å². The first-order valence-electron chi connectivity index (χ1n) is 10.1. The lowest BCUT2D eigenvalue weighted by molar-refractivity contribution is -0.137. The van der Waals surface area contributed by atoms with Crippen LogP contribution in [-0.2, 0) is 11.4 Å². The van der Waals surface area contributed by atoms with E-state index in [1.807, 2.05) is 43.0 Å². The highest BCUT2D eigenvalue weighted by molar-refractivity contribution is 5.95. The van der Waals surface area contributed by atoms with Gasteiger partial charge in [0.2, 0.25) is 0 Å². The number of carbonyl (C=O) groups excluding carboxylic acids is 1. The Hall–Kier alpha value is -2.89. The molecule has 0 bridgehead atoms. The smallest absolute Gasteiger partial charge is 0.303 e. The highest BCUT2D eigenvalue weighted by Crippen LogP contribution is 2.28. The zero-order chi connectivity index (χ0) is 20.8. The van der Waals surface area contributed by atoms with Crippen LogP contribution in [0.2, 0.25) is 0 Å². The Bertz CT molecular complexity index is 843. The average molecular weight is 396 g/mol. The fourth-order valence-corrected chi connectivity index (χ4v) is 3.96. The van der Waals surface area contributed by atoms with Crippen LogP contribution in [-0.4, -0.2) is 39.5 Å². The highest BCUT2D eigenvalue weighted by Gasteiger charge is 2.28. The quantitative estimate of drug-likeness (QED) is 0.761. The van der Waals surface area contributed by atoms with E-state index in [0.29, 0.717) is 25.1 Å². The Morgan fingerprint density at radius 3 is 2.66 bits per heavy atom. The Morgan fingerprint density at radius 2 is 2.00 bits per heavy atom. The van der Waals surface area contributed by atoms with Gasteiger partial charge in [-0.2, -0.15) is 0 Å². The minimum atomic E-state index is -0.815. The molecule has 6 heteroatoms. The van der Waals surface area contributed by atoms with E-state index in [0.717, 1.165) is 41.7 Å². The number of carbonyl (C=O) groups is 2. The number of ether oxygens (including phenoxy) is 1. The molecule has 2 aromatic rings. The largest absolute Gasteiger partial charge is 0.488 e. The Morgan fingerprint density at radius 1 is 1.24 bits per heavy atom. The van der Waals surface area contributed by atoms with E-state index in [-0.39, 0.29) is 18.4 Å². The number of likely N-dealkylation sites (tertiary alicyclic amines) is 1. The molecule has 6 nitrogen and oxygen atoms in total. The van der Waals surface area contributed by atoms with Crippen LogP contribution in [0.5, 0.6) is 5.75 Å². The Balaban J connectivity index is 1.74. The number of carboxylic acids is 1. The van der Waals surface area contributed by atoms with Crippen LogP contribution in [0.15, 0.2) is 36.7 Å². The maximum absolute atomic E-state index is 13.2. The van der Waals surface area contributed by atoms with Gasteiger partial charge in [-0.1, -0.05) is 6.07 Å². The second-order valence-electron chi connectivity index (χ2n) is 7.67. The summed E-state index contributed by atoms with van der Waals surface area (Å²) in [5, 5.41) is 9.00. The number of carboxylic acid groups (broad SMARTS) is 1. The lowest BCUT2D eigenvalue weighted by atomic mass is 9.96. The summed E-state index contributed by atoms with van der Waals surface area (Å²) in [6, 6.07) is 7.57. The molecule has 0 spiro atoms. The Labute approximate surface area is 171 Å². The normalized spacial score (nSPS) is 16.5. The van der Waals surface area contributed by atoms with Gasteiger partial charge in [-0.25, -0.2) is 0 Å². The van der Waals surface area contributed by atoms with Crippen molar-refractivity contribution in [1.82, 2.24) is 9.88 Å². The fourth-order valence-electron chi connectivity index (χ4n) is 3.96. The van der Waals surface area contributed by atoms with Crippen LogP contribution in [0.3, 0.4) is 0 Å². The summed E-state index contributed by atoms with van der Waals surface area (Å²) >= 11 is 0. The predicted octanol–water partition coefficient (Wildman–Crippen LogP) is 4.14. The topological polar surface area (TPSA) is 79.7 Å². The second kappa shape index (κ2) is 9.54. The molecule has 1 fully saturated rings. The molecule has 0 radical (unpaired) electrons. The molecule has 3 rings (SSSR count). The number of nitrogens with zero attached hydrogens (tertiary/aromatic N) is 2. The predicted molar refractivity (Wildman–Crippen MR) is 110 cm³/mol. The third-order valence-electron chi connectivity index (χ3n) is 5.39. The van der Waals surface area contributed by atoms with Gasteiger partial charge in [-0.15, -0.1) is 0 Å². The number of hydrogen-bond acceptors (Lipinski definition) is 4. The number of pyridine rings is 1. The van der Waals surface area contributed by atoms with Crippen molar-refractivity contribution in [3.63, 3.8) is 0 Å². The number of hydrogen-bond donors (Lipinski definition) is 1. The van der Waals surface area contributed by atoms with E-state index in [4.69, 9.17) is 9.84 Å². The van der Waals surface area contributed by atoms with Crippen molar-refractivity contribution in [2.24, 2.45) is 0 Å². The van der Waals surface area contributed by atoms with Crippen LogP contribution in [0.4, 0.5) is 0 Å². The molecule has 1 aliphatic heterocycles. The van der Waals surface area contributed by atoms with Crippen LogP contribution in [0, 0.1) is 13.8 Å². The van der Waals surface area contributed by atoms with Crippen molar-refractivity contribution >= 4 is 11.9 Å². The van der Waals surface area contributed by atoms with Gasteiger partial charge in [-0.3, -0.25) is 14.6 Å². The maximum Gasteiger partial charge on any atom is 0.303 e. The van der Waals surface area contributed by atoms with E-state index < -0.39 is 5.97 Å². The second-order valence-corrected chi connectivity index (χ2v) is 7.67. The molecular formula is C23H28N2O4. The number of aromatic nitrogens is 1. The van der Waals surface area contributed by atoms with Gasteiger partial charge in [0, 0.05) is 42.5 Å². The molecule has 1 aromatic heterocycles. The first-order valence-corrected chi connectivity index (χ1v) is 10.1. The summed E-state index contributed by atoms with van der Waals surface area (Å²) in [5.41, 5.74) is 3.45. The lowest BCUT2D eigenvalue weighted by Crippen LogP contribution is -2.44. The SMILES string of the molecule is Cc1cc(C(=O)N2CCCCC2CCC(=O)O)cc(C)c1OCc1cccnc1. The monoisotopic (exact) mass is 396 g/mol. The molecule has 1 unspecified atom stereocenters. The summed E-state index contributed by atoms with van der Waals surface area (Å²) in [6.07, 6.45) is 6.95. The maximum atomic E-state index is 13.2. The van der Waals surface area contributed by atoms with Gasteiger partial charge in [0.15, 0.2) is 0 Å². The molecule has 0 aliphatic carbocycles. The molecule has 0 saturated carbocycles. The van der Waals surface area contributed by atoms with Gasteiger partial charge in [0.1, 0.15) is 12.4 Å². The van der Waals surface area contributed by atoms with Crippen molar-refractivity contribution in [3.8, 4) is 5.75 Å². The number of piperidine rings is 1. The van der Waals surface area contributed by atoms with Gasteiger partial charge in [0.05, 0.1) is 0 Å². The minimum absolute atomic E-state index is 0.00512. The Kier molecular flexibility index (Phi) is 6.86. The van der Waals surface area contributed by atoms with E-state index in [1.165, 1.54) is 0 Å². The van der Waals surface area contributed by atoms with Crippen molar-refractivity contribution in [2.75, 3.05) is 6.54 Å². The van der Waals surface area contributed by atoms with Crippen molar-refractivity contribution in [2.45, 2.75) is 58.6 Å². The van der Waals surface area contributed by atoms with Crippen molar-refractivity contribution in [1.29, 1.82) is 0 Å². The summed E-state index contributed by atoms with van der Waals surface area (Å²) in [5.74, 6) is -0.0543. The number of amides is 1. The van der Waals surface area contributed by atoms with Crippen LogP contribution < -0.4 is 4.74 Å². The molecule has 1 aromatic carbocycles. The molecule has 2 heterocycles. The summed E-state index contributed by atoms with van der Waals surface area (Å²) in [6.45, 7) is 4.99. The summed E-state index contributed by atoms with van der Waals surface area (Å²) in [4.78, 5) is 30.1. The first-order chi connectivity index (χ1) is 14.0. The lowest BCUT2D eigenvalue weighted by Gasteiger charge is -2.36. The number of aryl methyl sites for hydroxylation is 2. The van der Waals surface area contributed by atoms with Crippen molar-refractivity contribution < 1.29 is 19.4 Å². The van der Waals surface area contributed by atoms with E-state index in [9.17, 15) is 9.59 Å². The zero-order valence-electron chi connectivity index (χ0n) is 17.1. The van der Waals surface area contributed by atoms with Gasteiger partial charge in [-0.05, 0) is 68.9 Å². The zero-order valence-corrected chi connectivity index (χ0v) is 17.1. The van der Waals surface area contributed by atoms with E-state index >= 15 is 0 Å². The average Bonchev–Trinajstić information content (AvgIpc) is 2.72. The van der Waals surface area contributed by atoms with Gasteiger partial charge in [0.25, 0.3) is 5.91 Å². The number of rotatable bonds is 7. The minimum Gasteiger partial charge on any atom is -0.488 e. The molecule has 1 aliphatic rings.